The smallest absolute Gasteiger partial charge is 0.254 e. The van der Waals surface area contributed by atoms with Crippen LogP contribution < -0.4 is 10.6 Å². The largest absolute Gasteiger partial charge is 0.343 e. The Kier molecular flexibility index (Phi) is 5.46. The summed E-state index contributed by atoms with van der Waals surface area (Å²) in [4.78, 5) is 23.9. The predicted octanol–water partition coefficient (Wildman–Crippen LogP) is 3.32. The number of halogens is 1. The van der Waals surface area contributed by atoms with Crippen LogP contribution >= 0.6 is 0 Å². The van der Waals surface area contributed by atoms with Crippen LogP contribution in [-0.2, 0) is 4.79 Å². The van der Waals surface area contributed by atoms with Gasteiger partial charge in [0.05, 0.1) is 12.1 Å². The standard InChI is InChI=1S/C18H19FN2O2/c1-12(2)13-7-4-6-10-16(13)21-17(22)11-20-18(23)14-8-3-5-9-15(14)19/h3-10,12H,11H2,1-2H3,(H,20,23)(H,21,22). The molecule has 2 N–H and O–H groups in total. The fourth-order valence-corrected chi connectivity index (χ4v) is 2.21. The van der Waals surface area contributed by atoms with Gasteiger partial charge in [0.25, 0.3) is 5.91 Å². The fraction of sp³-hybridized carbons (Fsp3) is 0.222. The first-order valence-corrected chi connectivity index (χ1v) is 7.40. The summed E-state index contributed by atoms with van der Waals surface area (Å²) < 4.78 is 13.5. The van der Waals surface area contributed by atoms with Gasteiger partial charge in [-0.05, 0) is 29.7 Å². The maximum absolute atomic E-state index is 13.5. The van der Waals surface area contributed by atoms with Gasteiger partial charge in [0.15, 0.2) is 0 Å². The van der Waals surface area contributed by atoms with Gasteiger partial charge in [-0.3, -0.25) is 9.59 Å². The van der Waals surface area contributed by atoms with Crippen molar-refractivity contribution in [3.63, 3.8) is 0 Å². The number of hydrogen-bond donors (Lipinski definition) is 2. The number of rotatable bonds is 5. The molecule has 0 spiro atoms. The molecule has 0 heterocycles. The molecule has 0 aromatic heterocycles. The second-order valence-corrected chi connectivity index (χ2v) is 5.45. The quantitative estimate of drug-likeness (QED) is 0.889. The van der Waals surface area contributed by atoms with Crippen LogP contribution in [0.5, 0.6) is 0 Å². The van der Waals surface area contributed by atoms with Gasteiger partial charge in [-0.25, -0.2) is 4.39 Å². The fourth-order valence-electron chi connectivity index (χ4n) is 2.21. The first-order valence-electron chi connectivity index (χ1n) is 7.40. The number of carbonyl (C=O) groups is 2. The van der Waals surface area contributed by atoms with Gasteiger partial charge < -0.3 is 10.6 Å². The Balaban J connectivity index is 1.96. The number of carbonyl (C=O) groups excluding carboxylic acids is 2. The van der Waals surface area contributed by atoms with E-state index in [-0.39, 0.29) is 23.9 Å². The number of amides is 2. The van der Waals surface area contributed by atoms with Crippen LogP contribution in [0.1, 0.15) is 35.7 Å². The first-order chi connectivity index (χ1) is 11.0. The summed E-state index contributed by atoms with van der Waals surface area (Å²) >= 11 is 0. The van der Waals surface area contributed by atoms with Crippen LogP contribution in [0.15, 0.2) is 48.5 Å². The van der Waals surface area contributed by atoms with Crippen molar-refractivity contribution >= 4 is 17.5 Å². The summed E-state index contributed by atoms with van der Waals surface area (Å²) in [5.74, 6) is -1.33. The van der Waals surface area contributed by atoms with Crippen LogP contribution in [0.3, 0.4) is 0 Å². The lowest BCUT2D eigenvalue weighted by Crippen LogP contribution is -2.33. The van der Waals surface area contributed by atoms with Crippen LogP contribution in [-0.4, -0.2) is 18.4 Å². The maximum atomic E-state index is 13.5. The first kappa shape index (κ1) is 16.7. The Hall–Kier alpha value is -2.69. The van der Waals surface area contributed by atoms with E-state index >= 15 is 0 Å². The molecule has 0 fully saturated rings. The molecule has 0 radical (unpaired) electrons. The third-order valence-corrected chi connectivity index (χ3v) is 3.38. The minimum atomic E-state index is -0.615. The van der Waals surface area contributed by atoms with E-state index in [2.05, 4.69) is 10.6 Å². The molecule has 2 aromatic carbocycles. The predicted molar refractivity (Wildman–Crippen MR) is 87.9 cm³/mol. The number of hydrogen-bond acceptors (Lipinski definition) is 2. The zero-order valence-electron chi connectivity index (χ0n) is 13.1. The van der Waals surface area contributed by atoms with E-state index < -0.39 is 11.7 Å². The Morgan fingerprint density at radius 1 is 1.04 bits per heavy atom. The SMILES string of the molecule is CC(C)c1ccccc1NC(=O)CNC(=O)c1ccccc1F. The minimum Gasteiger partial charge on any atom is -0.343 e. The van der Waals surface area contributed by atoms with Crippen molar-refractivity contribution < 1.29 is 14.0 Å². The van der Waals surface area contributed by atoms with Crippen molar-refractivity contribution in [1.29, 1.82) is 0 Å². The van der Waals surface area contributed by atoms with Crippen molar-refractivity contribution in [3.8, 4) is 0 Å². The van der Waals surface area contributed by atoms with Gasteiger partial charge in [0, 0.05) is 5.69 Å². The number of para-hydroxylation sites is 1. The molecule has 0 saturated heterocycles. The summed E-state index contributed by atoms with van der Waals surface area (Å²) in [5.41, 5.74) is 1.65. The molecule has 23 heavy (non-hydrogen) atoms. The average molecular weight is 314 g/mol. The van der Waals surface area contributed by atoms with E-state index in [4.69, 9.17) is 0 Å². The van der Waals surface area contributed by atoms with Crippen LogP contribution in [0.4, 0.5) is 10.1 Å². The summed E-state index contributed by atoms with van der Waals surface area (Å²) in [6.45, 7) is 3.84. The third kappa shape index (κ3) is 4.39. The number of benzene rings is 2. The zero-order valence-corrected chi connectivity index (χ0v) is 13.1. The normalized spacial score (nSPS) is 10.4. The van der Waals surface area contributed by atoms with E-state index in [1.807, 2.05) is 38.1 Å². The summed E-state index contributed by atoms with van der Waals surface area (Å²) in [6, 6.07) is 13.1. The van der Waals surface area contributed by atoms with Crippen molar-refractivity contribution in [2.24, 2.45) is 0 Å². The van der Waals surface area contributed by atoms with Crippen LogP contribution in [0, 0.1) is 5.82 Å². The van der Waals surface area contributed by atoms with Crippen molar-refractivity contribution in [2.75, 3.05) is 11.9 Å². The molecule has 0 bridgehead atoms. The molecular weight excluding hydrogens is 295 g/mol. The van der Waals surface area contributed by atoms with Crippen molar-refractivity contribution in [2.45, 2.75) is 19.8 Å². The molecule has 0 unspecified atom stereocenters. The molecule has 0 saturated carbocycles. The maximum Gasteiger partial charge on any atom is 0.254 e. The lowest BCUT2D eigenvalue weighted by Gasteiger charge is -2.14. The molecule has 0 aliphatic carbocycles. The highest BCUT2D eigenvalue weighted by molar-refractivity contribution is 5.99. The molecule has 120 valence electrons. The lowest BCUT2D eigenvalue weighted by atomic mass is 10.0. The van der Waals surface area contributed by atoms with Gasteiger partial charge in [-0.15, -0.1) is 0 Å². The molecule has 0 aliphatic rings. The summed E-state index contributed by atoms with van der Waals surface area (Å²) in [6.07, 6.45) is 0. The highest BCUT2D eigenvalue weighted by atomic mass is 19.1. The van der Waals surface area contributed by atoms with Crippen molar-refractivity contribution in [1.82, 2.24) is 5.32 Å². The molecular formula is C18H19FN2O2. The number of nitrogens with one attached hydrogen (secondary N) is 2. The Bertz CT molecular complexity index is 714. The van der Waals surface area contributed by atoms with Crippen LogP contribution in [0.2, 0.25) is 0 Å². The molecule has 0 aliphatic heterocycles. The van der Waals surface area contributed by atoms with Crippen molar-refractivity contribution in [3.05, 3.63) is 65.5 Å². The van der Waals surface area contributed by atoms with E-state index in [9.17, 15) is 14.0 Å². The van der Waals surface area contributed by atoms with Gasteiger partial charge in [0.1, 0.15) is 5.82 Å². The summed E-state index contributed by atoms with van der Waals surface area (Å²) in [7, 11) is 0. The van der Waals surface area contributed by atoms with E-state index in [1.165, 1.54) is 18.2 Å². The molecule has 5 heteroatoms. The summed E-state index contributed by atoms with van der Waals surface area (Å²) in [5, 5.41) is 5.18. The Labute approximate surface area is 134 Å². The topological polar surface area (TPSA) is 58.2 Å². The Morgan fingerprint density at radius 3 is 2.39 bits per heavy atom. The highest BCUT2D eigenvalue weighted by Gasteiger charge is 2.13. The molecule has 0 atom stereocenters. The van der Waals surface area contributed by atoms with Gasteiger partial charge in [-0.2, -0.15) is 0 Å². The molecule has 4 nitrogen and oxygen atoms in total. The highest BCUT2D eigenvalue weighted by Crippen LogP contribution is 2.23. The Morgan fingerprint density at radius 2 is 1.70 bits per heavy atom. The lowest BCUT2D eigenvalue weighted by molar-refractivity contribution is -0.115. The molecule has 2 rings (SSSR count). The molecule has 2 aromatic rings. The van der Waals surface area contributed by atoms with Gasteiger partial charge >= 0.3 is 0 Å². The van der Waals surface area contributed by atoms with E-state index in [0.29, 0.717) is 5.69 Å². The van der Waals surface area contributed by atoms with E-state index in [1.54, 1.807) is 6.07 Å². The van der Waals surface area contributed by atoms with Gasteiger partial charge in [0.2, 0.25) is 5.91 Å². The third-order valence-electron chi connectivity index (χ3n) is 3.38. The van der Waals surface area contributed by atoms with Crippen LogP contribution in [0.25, 0.3) is 0 Å². The van der Waals surface area contributed by atoms with Gasteiger partial charge in [-0.1, -0.05) is 44.2 Å². The molecule has 2 amide bonds. The minimum absolute atomic E-state index is 0.0807. The second kappa shape index (κ2) is 7.54. The zero-order chi connectivity index (χ0) is 16.8. The van der Waals surface area contributed by atoms with E-state index in [0.717, 1.165) is 5.56 Å². The monoisotopic (exact) mass is 314 g/mol. The second-order valence-electron chi connectivity index (χ2n) is 5.45. The average Bonchev–Trinajstić information content (AvgIpc) is 2.53. The number of anilines is 1.